The van der Waals surface area contributed by atoms with E-state index in [-0.39, 0.29) is 11.4 Å². The summed E-state index contributed by atoms with van der Waals surface area (Å²) in [5.74, 6) is -0.176. The molecule has 0 aromatic carbocycles. The molecule has 3 heteroatoms. The number of esters is 1. The topological polar surface area (TPSA) is 57.8 Å². The summed E-state index contributed by atoms with van der Waals surface area (Å²) in [5.41, 5.74) is 0. The number of methoxy groups -OCH3 is 1. The van der Waals surface area contributed by atoms with Crippen LogP contribution in [0.15, 0.2) is 12.7 Å². The minimum Gasteiger partial charge on any atom is -0.469 e. The Balaban J connectivity index is 0. The molecule has 0 amide bonds. The lowest BCUT2D eigenvalue weighted by Gasteiger charge is -1.91. The minimum absolute atomic E-state index is 0. The van der Waals surface area contributed by atoms with Gasteiger partial charge in [-0.1, -0.05) is 6.08 Å². The standard InChI is InChI=1S/C6H10O2.H2O/c1-3-4-5-6(7)8-2;/h3H,1,4-5H2,2H3;1H2. The summed E-state index contributed by atoms with van der Waals surface area (Å²) in [7, 11) is 1.38. The fourth-order valence-corrected chi connectivity index (χ4v) is 0.322. The molecule has 54 valence electrons. The fourth-order valence-electron chi connectivity index (χ4n) is 0.322. The van der Waals surface area contributed by atoms with Crippen molar-refractivity contribution in [2.24, 2.45) is 0 Å². The van der Waals surface area contributed by atoms with E-state index in [0.717, 1.165) is 0 Å². The Morgan fingerprint density at radius 3 is 2.67 bits per heavy atom. The van der Waals surface area contributed by atoms with Gasteiger partial charge in [-0.15, -0.1) is 6.58 Å². The first-order chi connectivity index (χ1) is 3.81. The molecule has 0 unspecified atom stereocenters. The van der Waals surface area contributed by atoms with Gasteiger partial charge in [-0.3, -0.25) is 4.79 Å². The molecular weight excluding hydrogens is 120 g/mol. The highest BCUT2D eigenvalue weighted by Gasteiger charge is 1.93. The molecule has 0 aliphatic carbocycles. The molecule has 2 N–H and O–H groups in total. The molecule has 0 aromatic rings. The molecule has 0 aromatic heterocycles. The second kappa shape index (κ2) is 7.17. The Kier molecular flexibility index (Phi) is 8.79. The molecular formula is C6H12O3. The van der Waals surface area contributed by atoms with Crippen LogP contribution in [0, 0.1) is 0 Å². The Morgan fingerprint density at radius 1 is 1.78 bits per heavy atom. The number of hydrogen-bond acceptors (Lipinski definition) is 2. The van der Waals surface area contributed by atoms with Crippen LogP contribution in [0.1, 0.15) is 12.8 Å². The van der Waals surface area contributed by atoms with Crippen LogP contribution in [0.3, 0.4) is 0 Å². The highest BCUT2D eigenvalue weighted by Crippen LogP contribution is 1.89. The van der Waals surface area contributed by atoms with Gasteiger partial charge in [0, 0.05) is 6.42 Å². The highest BCUT2D eigenvalue weighted by atomic mass is 16.5. The van der Waals surface area contributed by atoms with Crippen LogP contribution in [-0.2, 0) is 9.53 Å². The largest absolute Gasteiger partial charge is 0.469 e. The average molecular weight is 132 g/mol. The van der Waals surface area contributed by atoms with Crippen LogP contribution in [0.4, 0.5) is 0 Å². The molecule has 0 atom stereocenters. The molecule has 0 radical (unpaired) electrons. The van der Waals surface area contributed by atoms with Gasteiger partial charge in [0.1, 0.15) is 0 Å². The zero-order valence-corrected chi connectivity index (χ0v) is 5.52. The molecule has 0 aliphatic rings. The number of ether oxygens (including phenoxy) is 1. The van der Waals surface area contributed by atoms with Gasteiger partial charge < -0.3 is 10.2 Å². The van der Waals surface area contributed by atoms with Crippen LogP contribution in [-0.4, -0.2) is 18.6 Å². The summed E-state index contributed by atoms with van der Waals surface area (Å²) in [6.07, 6.45) is 2.84. The minimum atomic E-state index is -0.176. The first kappa shape index (κ1) is 11.0. The molecule has 0 saturated heterocycles. The smallest absolute Gasteiger partial charge is 0.305 e. The summed E-state index contributed by atoms with van der Waals surface area (Å²) >= 11 is 0. The first-order valence-electron chi connectivity index (χ1n) is 2.49. The van der Waals surface area contributed by atoms with Gasteiger partial charge in [-0.25, -0.2) is 0 Å². The van der Waals surface area contributed by atoms with Crippen LogP contribution in [0.5, 0.6) is 0 Å². The van der Waals surface area contributed by atoms with E-state index < -0.39 is 0 Å². The van der Waals surface area contributed by atoms with Gasteiger partial charge in [0.05, 0.1) is 7.11 Å². The van der Waals surface area contributed by atoms with Crippen LogP contribution >= 0.6 is 0 Å². The lowest BCUT2D eigenvalue weighted by molar-refractivity contribution is -0.140. The molecule has 0 heterocycles. The fraction of sp³-hybridized carbons (Fsp3) is 0.500. The monoisotopic (exact) mass is 132 g/mol. The van der Waals surface area contributed by atoms with Gasteiger partial charge in [0.2, 0.25) is 0 Å². The van der Waals surface area contributed by atoms with Gasteiger partial charge in [-0.2, -0.15) is 0 Å². The Labute approximate surface area is 54.6 Å². The maximum atomic E-state index is 10.3. The van der Waals surface area contributed by atoms with Gasteiger partial charge in [0.25, 0.3) is 0 Å². The quantitative estimate of drug-likeness (QED) is 0.409. The van der Waals surface area contributed by atoms with E-state index in [0.29, 0.717) is 12.8 Å². The van der Waals surface area contributed by atoms with E-state index >= 15 is 0 Å². The summed E-state index contributed by atoms with van der Waals surface area (Å²) in [6.45, 7) is 3.46. The third kappa shape index (κ3) is 7.17. The van der Waals surface area contributed by atoms with Crippen molar-refractivity contribution in [1.82, 2.24) is 0 Å². The third-order valence-electron chi connectivity index (χ3n) is 0.780. The molecule has 9 heavy (non-hydrogen) atoms. The Bertz CT molecular complexity index is 88.3. The van der Waals surface area contributed by atoms with Crippen molar-refractivity contribution in [3.8, 4) is 0 Å². The maximum absolute atomic E-state index is 10.3. The van der Waals surface area contributed by atoms with Crippen molar-refractivity contribution in [3.05, 3.63) is 12.7 Å². The summed E-state index contributed by atoms with van der Waals surface area (Å²) < 4.78 is 4.37. The number of carbonyl (C=O) groups is 1. The molecule has 0 spiro atoms. The van der Waals surface area contributed by atoms with E-state index in [1.165, 1.54) is 7.11 Å². The number of rotatable bonds is 3. The second-order valence-corrected chi connectivity index (χ2v) is 1.40. The number of hydrogen-bond donors (Lipinski definition) is 0. The lowest BCUT2D eigenvalue weighted by Crippen LogP contribution is -1.97. The average Bonchev–Trinajstić information content (AvgIpc) is 1.83. The third-order valence-corrected chi connectivity index (χ3v) is 0.780. The van der Waals surface area contributed by atoms with Gasteiger partial charge in [0.15, 0.2) is 0 Å². The highest BCUT2D eigenvalue weighted by molar-refractivity contribution is 5.69. The molecule has 0 saturated carbocycles. The predicted octanol–water partition coefficient (Wildman–Crippen LogP) is 0.301. The van der Waals surface area contributed by atoms with Crippen molar-refractivity contribution < 1.29 is 15.0 Å². The van der Waals surface area contributed by atoms with Gasteiger partial charge in [-0.05, 0) is 6.42 Å². The van der Waals surface area contributed by atoms with E-state index in [1.807, 2.05) is 0 Å². The van der Waals surface area contributed by atoms with E-state index in [2.05, 4.69) is 11.3 Å². The summed E-state index contributed by atoms with van der Waals surface area (Å²) in [5, 5.41) is 0. The van der Waals surface area contributed by atoms with E-state index in [9.17, 15) is 4.79 Å². The van der Waals surface area contributed by atoms with Crippen molar-refractivity contribution in [2.75, 3.05) is 7.11 Å². The number of carbonyl (C=O) groups excluding carboxylic acids is 1. The van der Waals surface area contributed by atoms with Crippen molar-refractivity contribution >= 4 is 5.97 Å². The van der Waals surface area contributed by atoms with Gasteiger partial charge >= 0.3 is 5.97 Å². The van der Waals surface area contributed by atoms with Crippen LogP contribution in [0.2, 0.25) is 0 Å². The summed E-state index contributed by atoms with van der Waals surface area (Å²) in [4.78, 5) is 10.3. The van der Waals surface area contributed by atoms with Crippen molar-refractivity contribution in [1.29, 1.82) is 0 Å². The maximum Gasteiger partial charge on any atom is 0.305 e. The normalized spacial score (nSPS) is 7.22. The van der Waals surface area contributed by atoms with Crippen LogP contribution in [0.25, 0.3) is 0 Å². The summed E-state index contributed by atoms with van der Waals surface area (Å²) in [6, 6.07) is 0. The molecule has 0 fully saturated rings. The number of allylic oxidation sites excluding steroid dienone is 1. The van der Waals surface area contributed by atoms with Crippen molar-refractivity contribution in [3.63, 3.8) is 0 Å². The zero-order valence-electron chi connectivity index (χ0n) is 5.52. The Hall–Kier alpha value is -0.830. The molecule has 0 bridgehead atoms. The zero-order chi connectivity index (χ0) is 6.41. The van der Waals surface area contributed by atoms with E-state index in [1.54, 1.807) is 6.08 Å². The molecule has 3 nitrogen and oxygen atoms in total. The van der Waals surface area contributed by atoms with E-state index in [4.69, 9.17) is 0 Å². The molecule has 0 rings (SSSR count). The SMILES string of the molecule is C=CCCC(=O)OC.O. The predicted molar refractivity (Wildman–Crippen MR) is 35.1 cm³/mol. The Morgan fingerprint density at radius 2 is 2.33 bits per heavy atom. The molecule has 0 aliphatic heterocycles. The first-order valence-corrected chi connectivity index (χ1v) is 2.49. The van der Waals surface area contributed by atoms with Crippen LogP contribution < -0.4 is 0 Å². The van der Waals surface area contributed by atoms with Crippen molar-refractivity contribution in [2.45, 2.75) is 12.8 Å². The lowest BCUT2D eigenvalue weighted by atomic mass is 10.3. The second-order valence-electron chi connectivity index (χ2n) is 1.40.